The minimum absolute atomic E-state index is 0.207. The fourth-order valence-electron chi connectivity index (χ4n) is 1.26. The molecule has 0 bridgehead atoms. The van der Waals surface area contributed by atoms with Crippen molar-refractivity contribution in [2.24, 2.45) is 5.73 Å². The molecule has 5 nitrogen and oxygen atoms in total. The van der Waals surface area contributed by atoms with Crippen LogP contribution in [-0.4, -0.2) is 27.7 Å². The van der Waals surface area contributed by atoms with Crippen LogP contribution in [0.4, 0.5) is 0 Å². The average Bonchev–Trinajstić information content (AvgIpc) is 2.37. The van der Waals surface area contributed by atoms with Crippen molar-refractivity contribution < 1.29 is 13.2 Å². The number of nitrogens with two attached hydrogens (primary N) is 1. The molecule has 1 rings (SSSR count). The third-order valence-electron chi connectivity index (χ3n) is 2.68. The molecule has 0 spiro atoms. The van der Waals surface area contributed by atoms with Crippen LogP contribution < -0.4 is 10.5 Å². The fourth-order valence-corrected chi connectivity index (χ4v) is 2.53. The van der Waals surface area contributed by atoms with Crippen molar-refractivity contribution in [3.63, 3.8) is 0 Å². The molecule has 0 saturated heterocycles. The molecule has 0 amide bonds. The molecule has 0 aliphatic heterocycles. The van der Waals surface area contributed by atoms with Crippen LogP contribution in [0, 0.1) is 0 Å². The number of ether oxygens (including phenoxy) is 1. The lowest BCUT2D eigenvalue weighted by Crippen LogP contribution is -2.39. The van der Waals surface area contributed by atoms with Crippen molar-refractivity contribution in [2.45, 2.75) is 30.9 Å². The maximum atomic E-state index is 12.1. The standard InChI is InChI=1S/C12H20N2O3S/c1-12(2,17-3)9-14-18(15,16)11-6-4-5-10(7-11)8-13/h4-7,14H,8-9,13H2,1-3H3. The van der Waals surface area contributed by atoms with Gasteiger partial charge in [0, 0.05) is 20.2 Å². The molecule has 18 heavy (non-hydrogen) atoms. The van der Waals surface area contributed by atoms with Crippen LogP contribution in [-0.2, 0) is 21.3 Å². The minimum atomic E-state index is -3.52. The second-order valence-electron chi connectivity index (χ2n) is 4.64. The molecule has 0 aromatic heterocycles. The van der Waals surface area contributed by atoms with Gasteiger partial charge in [0.05, 0.1) is 10.5 Å². The van der Waals surface area contributed by atoms with Gasteiger partial charge < -0.3 is 10.5 Å². The summed E-state index contributed by atoms with van der Waals surface area (Å²) in [4.78, 5) is 0.220. The molecule has 0 unspecified atom stereocenters. The van der Waals surface area contributed by atoms with Gasteiger partial charge in [0.1, 0.15) is 0 Å². The number of rotatable bonds is 6. The third kappa shape index (κ3) is 4.06. The molecular formula is C12H20N2O3S. The van der Waals surface area contributed by atoms with Gasteiger partial charge in [0.15, 0.2) is 0 Å². The zero-order chi connectivity index (χ0) is 13.8. The maximum Gasteiger partial charge on any atom is 0.240 e. The van der Waals surface area contributed by atoms with Crippen molar-refractivity contribution in [3.05, 3.63) is 29.8 Å². The van der Waals surface area contributed by atoms with E-state index in [1.165, 1.54) is 0 Å². The minimum Gasteiger partial charge on any atom is -0.377 e. The molecule has 0 saturated carbocycles. The predicted molar refractivity (Wildman–Crippen MR) is 70.6 cm³/mol. The highest BCUT2D eigenvalue weighted by molar-refractivity contribution is 7.89. The zero-order valence-corrected chi connectivity index (χ0v) is 11.8. The summed E-state index contributed by atoms with van der Waals surface area (Å²) in [6.45, 7) is 4.14. The Hall–Kier alpha value is -0.950. The first kappa shape index (κ1) is 15.1. The van der Waals surface area contributed by atoms with Crippen molar-refractivity contribution in [1.82, 2.24) is 4.72 Å². The van der Waals surface area contributed by atoms with Crippen molar-refractivity contribution >= 4 is 10.0 Å². The Kier molecular flexibility index (Phi) is 4.86. The smallest absolute Gasteiger partial charge is 0.240 e. The summed E-state index contributed by atoms with van der Waals surface area (Å²) in [6.07, 6.45) is 0. The number of hydrogen-bond donors (Lipinski definition) is 2. The van der Waals surface area contributed by atoms with E-state index in [0.717, 1.165) is 5.56 Å². The van der Waals surface area contributed by atoms with Gasteiger partial charge in [-0.1, -0.05) is 12.1 Å². The molecule has 0 atom stereocenters. The van der Waals surface area contributed by atoms with E-state index in [-0.39, 0.29) is 11.4 Å². The van der Waals surface area contributed by atoms with Crippen molar-refractivity contribution in [2.75, 3.05) is 13.7 Å². The molecule has 0 aliphatic carbocycles. The molecule has 0 heterocycles. The number of methoxy groups -OCH3 is 1. The van der Waals surface area contributed by atoms with E-state index in [4.69, 9.17) is 10.5 Å². The Bertz CT molecular complexity index is 498. The summed E-state index contributed by atoms with van der Waals surface area (Å²) in [7, 11) is -1.98. The Balaban J connectivity index is 2.86. The molecule has 6 heteroatoms. The van der Waals surface area contributed by atoms with Gasteiger partial charge in [-0.15, -0.1) is 0 Å². The van der Waals surface area contributed by atoms with Gasteiger partial charge >= 0.3 is 0 Å². The molecule has 0 radical (unpaired) electrons. The zero-order valence-electron chi connectivity index (χ0n) is 10.9. The van der Waals surface area contributed by atoms with E-state index in [1.807, 2.05) is 13.8 Å². The monoisotopic (exact) mass is 272 g/mol. The topological polar surface area (TPSA) is 81.4 Å². The van der Waals surface area contributed by atoms with Crippen LogP contribution in [0.2, 0.25) is 0 Å². The van der Waals surface area contributed by atoms with Crippen LogP contribution in [0.1, 0.15) is 19.4 Å². The molecule has 3 N–H and O–H groups in total. The van der Waals surface area contributed by atoms with Gasteiger partial charge in [-0.25, -0.2) is 13.1 Å². The molecule has 0 aliphatic rings. The Morgan fingerprint density at radius 2 is 2.06 bits per heavy atom. The summed E-state index contributed by atoms with van der Waals surface area (Å²) in [5, 5.41) is 0. The number of sulfonamides is 1. The van der Waals surface area contributed by atoms with E-state index in [9.17, 15) is 8.42 Å². The average molecular weight is 272 g/mol. The lowest BCUT2D eigenvalue weighted by Gasteiger charge is -2.23. The number of hydrogen-bond acceptors (Lipinski definition) is 4. The predicted octanol–water partition coefficient (Wildman–Crippen LogP) is 0.849. The van der Waals surface area contributed by atoms with E-state index < -0.39 is 15.6 Å². The highest BCUT2D eigenvalue weighted by Crippen LogP contribution is 2.13. The number of nitrogens with one attached hydrogen (secondary N) is 1. The quantitative estimate of drug-likeness (QED) is 0.804. The van der Waals surface area contributed by atoms with E-state index >= 15 is 0 Å². The van der Waals surface area contributed by atoms with Gasteiger partial charge in [-0.2, -0.15) is 0 Å². The van der Waals surface area contributed by atoms with Crippen LogP contribution in [0.5, 0.6) is 0 Å². The van der Waals surface area contributed by atoms with Crippen LogP contribution in [0.15, 0.2) is 29.2 Å². The Morgan fingerprint density at radius 1 is 1.39 bits per heavy atom. The maximum absolute atomic E-state index is 12.1. The van der Waals surface area contributed by atoms with Crippen molar-refractivity contribution in [1.29, 1.82) is 0 Å². The first-order valence-corrected chi connectivity index (χ1v) is 7.13. The third-order valence-corrected chi connectivity index (χ3v) is 4.08. The van der Waals surface area contributed by atoms with Gasteiger partial charge in [0.2, 0.25) is 10.0 Å². The van der Waals surface area contributed by atoms with Gasteiger partial charge in [-0.05, 0) is 31.5 Å². The lowest BCUT2D eigenvalue weighted by atomic mass is 10.1. The molecule has 102 valence electrons. The van der Waals surface area contributed by atoms with Gasteiger partial charge in [0.25, 0.3) is 0 Å². The van der Waals surface area contributed by atoms with Crippen LogP contribution in [0.3, 0.4) is 0 Å². The summed E-state index contributed by atoms with van der Waals surface area (Å²) < 4.78 is 31.8. The Morgan fingerprint density at radius 3 is 2.61 bits per heavy atom. The normalized spacial score (nSPS) is 12.7. The summed E-state index contributed by atoms with van der Waals surface area (Å²) in [6, 6.07) is 6.58. The van der Waals surface area contributed by atoms with E-state index in [2.05, 4.69) is 4.72 Å². The highest BCUT2D eigenvalue weighted by atomic mass is 32.2. The summed E-state index contributed by atoms with van der Waals surface area (Å²) >= 11 is 0. The van der Waals surface area contributed by atoms with E-state index in [0.29, 0.717) is 6.54 Å². The molecule has 0 fully saturated rings. The van der Waals surface area contributed by atoms with Crippen LogP contribution in [0.25, 0.3) is 0 Å². The SMILES string of the molecule is COC(C)(C)CNS(=O)(=O)c1cccc(CN)c1. The molecule has 1 aromatic rings. The first-order chi connectivity index (χ1) is 8.30. The fraction of sp³-hybridized carbons (Fsp3) is 0.500. The van der Waals surface area contributed by atoms with Crippen molar-refractivity contribution in [3.8, 4) is 0 Å². The molecular weight excluding hydrogens is 252 g/mol. The Labute approximate surface area is 108 Å². The second kappa shape index (κ2) is 5.79. The van der Waals surface area contributed by atoms with Gasteiger partial charge in [-0.3, -0.25) is 0 Å². The first-order valence-electron chi connectivity index (χ1n) is 5.64. The second-order valence-corrected chi connectivity index (χ2v) is 6.41. The lowest BCUT2D eigenvalue weighted by molar-refractivity contribution is 0.0276. The largest absolute Gasteiger partial charge is 0.377 e. The highest BCUT2D eigenvalue weighted by Gasteiger charge is 2.21. The van der Waals surface area contributed by atoms with E-state index in [1.54, 1.807) is 31.4 Å². The number of benzene rings is 1. The van der Waals surface area contributed by atoms with Crippen LogP contribution >= 0.6 is 0 Å². The summed E-state index contributed by atoms with van der Waals surface area (Å²) in [5.74, 6) is 0. The molecule has 1 aromatic carbocycles. The summed E-state index contributed by atoms with van der Waals surface area (Å²) in [5.41, 5.74) is 5.73.